The summed E-state index contributed by atoms with van der Waals surface area (Å²) in [4.78, 5) is 37.1. The number of hydrogen-bond donors (Lipinski definition) is 3. The first kappa shape index (κ1) is 20.7. The summed E-state index contributed by atoms with van der Waals surface area (Å²) in [5.41, 5.74) is 1.51. The van der Waals surface area contributed by atoms with Gasteiger partial charge in [-0.1, -0.05) is 18.2 Å². The van der Waals surface area contributed by atoms with Crippen molar-refractivity contribution in [1.82, 2.24) is 5.32 Å². The summed E-state index contributed by atoms with van der Waals surface area (Å²) in [5, 5.41) is 8.37. The lowest BCUT2D eigenvalue weighted by Gasteiger charge is -2.24. The van der Waals surface area contributed by atoms with E-state index < -0.39 is 12.1 Å². The van der Waals surface area contributed by atoms with Gasteiger partial charge in [-0.2, -0.15) is 11.8 Å². The zero-order valence-electron chi connectivity index (χ0n) is 16.2. The lowest BCUT2D eigenvalue weighted by Crippen LogP contribution is -2.44. The highest BCUT2D eigenvalue weighted by Crippen LogP contribution is 2.32. The first-order valence-electron chi connectivity index (χ1n) is 9.25. The van der Waals surface area contributed by atoms with E-state index in [1.54, 1.807) is 61.2 Å². The van der Waals surface area contributed by atoms with Crippen LogP contribution in [0.4, 0.5) is 11.4 Å². The molecule has 3 amide bonds. The number of rotatable bonds is 7. The predicted octanol–water partition coefficient (Wildman–Crippen LogP) is 2.90. The van der Waals surface area contributed by atoms with Crippen LogP contribution in [0.25, 0.3) is 0 Å². The normalized spacial score (nSPS) is 16.1. The molecule has 0 aromatic heterocycles. The third-order valence-electron chi connectivity index (χ3n) is 4.45. The van der Waals surface area contributed by atoms with Gasteiger partial charge in [-0.15, -0.1) is 0 Å². The minimum absolute atomic E-state index is 0.242. The molecule has 0 fully saturated rings. The number of carbonyl (C=O) groups is 3. The van der Waals surface area contributed by atoms with E-state index in [4.69, 9.17) is 4.74 Å². The molecule has 1 aliphatic rings. The smallest absolute Gasteiger partial charge is 0.265 e. The molecule has 0 aliphatic carbocycles. The number of ether oxygens (including phenoxy) is 1. The molecule has 1 aliphatic heterocycles. The van der Waals surface area contributed by atoms with E-state index in [-0.39, 0.29) is 17.7 Å². The van der Waals surface area contributed by atoms with E-state index in [2.05, 4.69) is 16.0 Å². The van der Waals surface area contributed by atoms with Crippen molar-refractivity contribution >= 4 is 40.9 Å². The summed E-state index contributed by atoms with van der Waals surface area (Å²) in [6, 6.07) is 13.1. The molecule has 0 saturated carbocycles. The Kier molecular flexibility index (Phi) is 6.77. The summed E-state index contributed by atoms with van der Waals surface area (Å²) >= 11 is 1.60. The van der Waals surface area contributed by atoms with Gasteiger partial charge in [0.2, 0.25) is 5.91 Å². The number of nitrogens with one attached hydrogen (secondary N) is 3. The summed E-state index contributed by atoms with van der Waals surface area (Å²) in [6.07, 6.45) is 1.88. The van der Waals surface area contributed by atoms with Crippen LogP contribution in [-0.2, 0) is 9.59 Å². The number of carbonyl (C=O) groups excluding carboxylic acids is 3. The van der Waals surface area contributed by atoms with Crippen LogP contribution in [0.2, 0.25) is 0 Å². The second kappa shape index (κ2) is 9.47. The van der Waals surface area contributed by atoms with Gasteiger partial charge in [0.25, 0.3) is 11.8 Å². The number of hydrogen-bond acceptors (Lipinski definition) is 5. The highest BCUT2D eigenvalue weighted by Gasteiger charge is 2.25. The Morgan fingerprint density at radius 1 is 1.21 bits per heavy atom. The fraction of sp³-hybridized carbons (Fsp3) is 0.286. The van der Waals surface area contributed by atoms with Gasteiger partial charge in [-0.05, 0) is 55.7 Å². The van der Waals surface area contributed by atoms with Gasteiger partial charge in [0.05, 0.1) is 5.69 Å². The van der Waals surface area contributed by atoms with Crippen molar-refractivity contribution < 1.29 is 19.1 Å². The quantitative estimate of drug-likeness (QED) is 0.649. The SMILES string of the molecule is CSCC[C@@H](NC(=O)c1ccccc1)C(=O)Nc1ccc2c(c1)NC(=O)[C@H](C)O2. The molecule has 29 heavy (non-hydrogen) atoms. The van der Waals surface area contributed by atoms with E-state index >= 15 is 0 Å². The number of fused-ring (bicyclic) bond motifs is 1. The fourth-order valence-electron chi connectivity index (χ4n) is 2.85. The molecule has 2 atom stereocenters. The van der Waals surface area contributed by atoms with Crippen molar-refractivity contribution in [3.05, 3.63) is 54.1 Å². The number of thioether (sulfide) groups is 1. The third-order valence-corrected chi connectivity index (χ3v) is 5.09. The molecule has 0 bridgehead atoms. The molecule has 7 nitrogen and oxygen atoms in total. The zero-order chi connectivity index (χ0) is 20.8. The number of anilines is 2. The summed E-state index contributed by atoms with van der Waals surface area (Å²) in [7, 11) is 0. The Balaban J connectivity index is 1.70. The Labute approximate surface area is 173 Å². The van der Waals surface area contributed by atoms with Crippen LogP contribution in [0.15, 0.2) is 48.5 Å². The van der Waals surface area contributed by atoms with Gasteiger partial charge in [0.15, 0.2) is 6.10 Å². The van der Waals surface area contributed by atoms with Crippen LogP contribution in [-0.4, -0.2) is 41.9 Å². The second-order valence-electron chi connectivity index (χ2n) is 6.62. The second-order valence-corrected chi connectivity index (χ2v) is 7.61. The van der Waals surface area contributed by atoms with Gasteiger partial charge >= 0.3 is 0 Å². The molecular weight excluding hydrogens is 390 g/mol. The van der Waals surface area contributed by atoms with Gasteiger partial charge in [0.1, 0.15) is 11.8 Å². The zero-order valence-corrected chi connectivity index (χ0v) is 17.0. The summed E-state index contributed by atoms with van der Waals surface area (Å²) in [6.45, 7) is 1.67. The van der Waals surface area contributed by atoms with Crippen LogP contribution in [0.5, 0.6) is 5.75 Å². The third kappa shape index (κ3) is 5.29. The minimum atomic E-state index is -0.683. The molecule has 0 radical (unpaired) electrons. The van der Waals surface area contributed by atoms with E-state index in [0.29, 0.717) is 29.1 Å². The standard InChI is InChI=1S/C21H23N3O4S/c1-13-19(25)24-17-12-15(8-9-18(17)28-13)22-21(27)16(10-11-29-2)23-20(26)14-6-4-3-5-7-14/h3-9,12-13,16H,10-11H2,1-2H3,(H,22,27)(H,23,26)(H,24,25)/t13-,16+/m0/s1. The van der Waals surface area contributed by atoms with Crippen LogP contribution in [0, 0.1) is 0 Å². The Morgan fingerprint density at radius 2 is 1.97 bits per heavy atom. The molecule has 2 aromatic carbocycles. The molecular formula is C21H23N3O4S. The minimum Gasteiger partial charge on any atom is -0.479 e. The monoisotopic (exact) mass is 413 g/mol. The van der Waals surface area contributed by atoms with Crippen molar-refractivity contribution in [2.24, 2.45) is 0 Å². The Hall–Kier alpha value is -3.00. The van der Waals surface area contributed by atoms with E-state index in [9.17, 15) is 14.4 Å². The van der Waals surface area contributed by atoms with Gasteiger partial charge in [0, 0.05) is 11.3 Å². The van der Waals surface area contributed by atoms with Gasteiger partial charge in [-0.3, -0.25) is 14.4 Å². The van der Waals surface area contributed by atoms with Crippen LogP contribution in [0.1, 0.15) is 23.7 Å². The largest absolute Gasteiger partial charge is 0.479 e. The van der Waals surface area contributed by atoms with Gasteiger partial charge < -0.3 is 20.7 Å². The Bertz CT molecular complexity index is 904. The number of amides is 3. The molecule has 152 valence electrons. The van der Waals surface area contributed by atoms with E-state index in [1.165, 1.54) is 0 Å². The first-order chi connectivity index (χ1) is 14.0. The maximum absolute atomic E-state index is 12.8. The molecule has 0 saturated heterocycles. The average molecular weight is 413 g/mol. The highest BCUT2D eigenvalue weighted by molar-refractivity contribution is 7.98. The van der Waals surface area contributed by atoms with Crippen LogP contribution < -0.4 is 20.7 Å². The first-order valence-corrected chi connectivity index (χ1v) is 10.6. The number of benzene rings is 2. The maximum atomic E-state index is 12.8. The molecule has 3 N–H and O–H groups in total. The molecule has 3 rings (SSSR count). The fourth-order valence-corrected chi connectivity index (χ4v) is 3.32. The molecule has 2 aromatic rings. The topological polar surface area (TPSA) is 96.5 Å². The van der Waals surface area contributed by atoms with Crippen molar-refractivity contribution in [1.29, 1.82) is 0 Å². The molecule has 1 heterocycles. The Morgan fingerprint density at radius 3 is 2.69 bits per heavy atom. The molecule has 8 heteroatoms. The average Bonchev–Trinajstić information content (AvgIpc) is 2.72. The lowest BCUT2D eigenvalue weighted by atomic mass is 10.1. The van der Waals surface area contributed by atoms with Crippen molar-refractivity contribution in [2.45, 2.75) is 25.5 Å². The summed E-state index contributed by atoms with van der Waals surface area (Å²) in [5.74, 6) is 0.408. The molecule has 0 spiro atoms. The van der Waals surface area contributed by atoms with E-state index in [1.807, 2.05) is 12.3 Å². The summed E-state index contributed by atoms with van der Waals surface area (Å²) < 4.78 is 5.52. The van der Waals surface area contributed by atoms with Gasteiger partial charge in [-0.25, -0.2) is 0 Å². The van der Waals surface area contributed by atoms with Crippen LogP contribution >= 0.6 is 11.8 Å². The highest BCUT2D eigenvalue weighted by atomic mass is 32.2. The van der Waals surface area contributed by atoms with Crippen molar-refractivity contribution in [3.8, 4) is 5.75 Å². The van der Waals surface area contributed by atoms with Crippen molar-refractivity contribution in [3.63, 3.8) is 0 Å². The molecule has 0 unspecified atom stereocenters. The predicted molar refractivity (Wildman–Crippen MR) is 114 cm³/mol. The van der Waals surface area contributed by atoms with Crippen molar-refractivity contribution in [2.75, 3.05) is 22.6 Å². The van der Waals surface area contributed by atoms with E-state index in [0.717, 1.165) is 5.75 Å². The maximum Gasteiger partial charge on any atom is 0.265 e. The lowest BCUT2D eigenvalue weighted by molar-refractivity contribution is -0.122. The van der Waals surface area contributed by atoms with Crippen LogP contribution in [0.3, 0.4) is 0 Å².